The van der Waals surface area contributed by atoms with Gasteiger partial charge in [0.05, 0.1) is 17.2 Å². The molecule has 3 rings (SSSR count). The van der Waals surface area contributed by atoms with Gasteiger partial charge in [-0.3, -0.25) is 0 Å². The molecule has 4 unspecified atom stereocenters. The van der Waals surface area contributed by atoms with Crippen LogP contribution in [0, 0.1) is 5.92 Å². The minimum absolute atomic E-state index is 0.0545. The smallest absolute Gasteiger partial charge is 0.242 e. The molecule has 0 spiro atoms. The molecule has 1 heterocycles. The van der Waals surface area contributed by atoms with E-state index in [9.17, 15) is 8.42 Å². The SMILES string of the molecule is NC1C2CCCOC2C1NS(=O)(=O)c1ccc(Br)cc1Cl. The van der Waals surface area contributed by atoms with Crippen LogP contribution in [0.3, 0.4) is 0 Å². The van der Waals surface area contributed by atoms with Gasteiger partial charge in [-0.15, -0.1) is 0 Å². The highest BCUT2D eigenvalue weighted by Gasteiger charge is 2.52. The Morgan fingerprint density at radius 2 is 2.19 bits per heavy atom. The van der Waals surface area contributed by atoms with E-state index in [0.29, 0.717) is 6.61 Å². The van der Waals surface area contributed by atoms with Crippen molar-refractivity contribution in [2.24, 2.45) is 11.7 Å². The maximum atomic E-state index is 12.5. The second-order valence-electron chi connectivity index (χ2n) is 5.44. The zero-order valence-corrected chi connectivity index (χ0v) is 14.3. The topological polar surface area (TPSA) is 81.4 Å². The average Bonchev–Trinajstić information content (AvgIpc) is 2.44. The quantitative estimate of drug-likeness (QED) is 0.819. The maximum Gasteiger partial charge on any atom is 0.242 e. The summed E-state index contributed by atoms with van der Waals surface area (Å²) >= 11 is 9.27. The standard InChI is InChI=1S/C13H16BrClN2O3S/c14-7-3-4-10(9(15)6-7)21(18,19)17-12-11(16)8-2-1-5-20-13(8)12/h3-4,6,8,11-13,17H,1-2,5,16H2. The highest BCUT2D eigenvalue weighted by atomic mass is 79.9. The molecule has 3 N–H and O–H groups in total. The lowest BCUT2D eigenvalue weighted by Crippen LogP contribution is -2.71. The molecule has 0 radical (unpaired) electrons. The molecule has 4 atom stereocenters. The summed E-state index contributed by atoms with van der Waals surface area (Å²) in [7, 11) is -3.71. The summed E-state index contributed by atoms with van der Waals surface area (Å²) < 4.78 is 33.9. The zero-order chi connectivity index (χ0) is 15.2. The van der Waals surface area contributed by atoms with Gasteiger partial charge in [0.25, 0.3) is 0 Å². The number of hydrogen-bond acceptors (Lipinski definition) is 4. The molecule has 1 aliphatic carbocycles. The van der Waals surface area contributed by atoms with E-state index in [0.717, 1.165) is 17.3 Å². The molecule has 1 aliphatic heterocycles. The molecule has 1 saturated heterocycles. The molecule has 1 aromatic rings. The van der Waals surface area contributed by atoms with E-state index < -0.39 is 10.0 Å². The van der Waals surface area contributed by atoms with Crippen LogP contribution in [0.25, 0.3) is 0 Å². The summed E-state index contributed by atoms with van der Waals surface area (Å²) in [5, 5.41) is 0.172. The third-order valence-corrected chi connectivity index (χ3v) is 6.59. The predicted molar refractivity (Wildman–Crippen MR) is 83.7 cm³/mol. The van der Waals surface area contributed by atoms with Crippen molar-refractivity contribution in [1.82, 2.24) is 4.72 Å². The van der Waals surface area contributed by atoms with Gasteiger partial charge in [0, 0.05) is 23.0 Å². The van der Waals surface area contributed by atoms with Crippen molar-refractivity contribution in [3.63, 3.8) is 0 Å². The number of benzene rings is 1. The van der Waals surface area contributed by atoms with Crippen LogP contribution in [0.4, 0.5) is 0 Å². The number of sulfonamides is 1. The average molecular weight is 396 g/mol. The molecule has 8 heteroatoms. The van der Waals surface area contributed by atoms with Crippen LogP contribution >= 0.6 is 27.5 Å². The van der Waals surface area contributed by atoms with Gasteiger partial charge in [-0.1, -0.05) is 27.5 Å². The third-order valence-electron chi connectivity index (χ3n) is 4.15. The van der Waals surface area contributed by atoms with Gasteiger partial charge < -0.3 is 10.5 Å². The summed E-state index contributed by atoms with van der Waals surface area (Å²) in [5.41, 5.74) is 6.08. The Hall–Kier alpha value is -0.180. The molecule has 5 nitrogen and oxygen atoms in total. The molecular formula is C13H16BrClN2O3S. The van der Waals surface area contributed by atoms with Crippen LogP contribution in [0.5, 0.6) is 0 Å². The highest BCUT2D eigenvalue weighted by Crippen LogP contribution is 2.38. The van der Waals surface area contributed by atoms with E-state index >= 15 is 0 Å². The van der Waals surface area contributed by atoms with Crippen molar-refractivity contribution in [3.05, 3.63) is 27.7 Å². The molecule has 21 heavy (non-hydrogen) atoms. The largest absolute Gasteiger partial charge is 0.376 e. The van der Waals surface area contributed by atoms with Crippen LogP contribution < -0.4 is 10.5 Å². The second-order valence-corrected chi connectivity index (χ2v) is 8.45. The first kappa shape index (κ1) is 15.7. The molecular weight excluding hydrogens is 380 g/mol. The first-order valence-electron chi connectivity index (χ1n) is 6.75. The molecule has 1 aromatic carbocycles. The van der Waals surface area contributed by atoms with Crippen molar-refractivity contribution >= 4 is 37.6 Å². The maximum absolute atomic E-state index is 12.5. The molecule has 1 saturated carbocycles. The van der Waals surface area contributed by atoms with E-state index in [4.69, 9.17) is 22.1 Å². The third kappa shape index (κ3) is 2.87. The first-order chi connectivity index (χ1) is 9.90. The van der Waals surface area contributed by atoms with Crippen LogP contribution in [-0.4, -0.2) is 33.2 Å². The van der Waals surface area contributed by atoms with Gasteiger partial charge in [0.15, 0.2) is 0 Å². The van der Waals surface area contributed by atoms with Crippen molar-refractivity contribution < 1.29 is 13.2 Å². The first-order valence-corrected chi connectivity index (χ1v) is 9.40. The van der Waals surface area contributed by atoms with Crippen LogP contribution in [-0.2, 0) is 14.8 Å². The minimum Gasteiger partial charge on any atom is -0.376 e. The zero-order valence-electron chi connectivity index (χ0n) is 11.1. The van der Waals surface area contributed by atoms with Crippen molar-refractivity contribution in [2.45, 2.75) is 35.9 Å². The molecule has 116 valence electrons. The van der Waals surface area contributed by atoms with Gasteiger partial charge in [-0.25, -0.2) is 13.1 Å². The number of rotatable bonds is 3. The lowest BCUT2D eigenvalue weighted by molar-refractivity contribution is -0.114. The fourth-order valence-electron chi connectivity index (χ4n) is 3.03. The monoisotopic (exact) mass is 394 g/mol. The van der Waals surface area contributed by atoms with Crippen LogP contribution in [0.15, 0.2) is 27.6 Å². The Morgan fingerprint density at radius 1 is 1.43 bits per heavy atom. The Labute approximate surface area is 137 Å². The molecule has 2 fully saturated rings. The van der Waals surface area contributed by atoms with Crippen molar-refractivity contribution in [2.75, 3.05) is 6.61 Å². The van der Waals surface area contributed by atoms with Crippen LogP contribution in [0.1, 0.15) is 12.8 Å². The van der Waals surface area contributed by atoms with Gasteiger partial charge >= 0.3 is 0 Å². The lowest BCUT2D eigenvalue weighted by Gasteiger charge is -2.52. The Morgan fingerprint density at radius 3 is 2.90 bits per heavy atom. The van der Waals surface area contributed by atoms with Gasteiger partial charge in [-0.2, -0.15) is 0 Å². The lowest BCUT2D eigenvalue weighted by atomic mass is 9.69. The van der Waals surface area contributed by atoms with E-state index in [-0.39, 0.29) is 34.0 Å². The normalized spacial score (nSPS) is 32.3. The van der Waals surface area contributed by atoms with Crippen LogP contribution in [0.2, 0.25) is 5.02 Å². The van der Waals surface area contributed by atoms with Crippen molar-refractivity contribution in [1.29, 1.82) is 0 Å². The Balaban J connectivity index is 1.80. The van der Waals surface area contributed by atoms with Crippen molar-refractivity contribution in [3.8, 4) is 0 Å². The van der Waals surface area contributed by atoms with E-state index in [1.165, 1.54) is 6.07 Å². The van der Waals surface area contributed by atoms with Gasteiger partial charge in [0.1, 0.15) is 4.90 Å². The van der Waals surface area contributed by atoms with E-state index in [2.05, 4.69) is 20.7 Å². The van der Waals surface area contributed by atoms with Gasteiger partial charge in [-0.05, 0) is 31.0 Å². The second kappa shape index (κ2) is 5.79. The summed E-state index contributed by atoms with van der Waals surface area (Å²) in [4.78, 5) is 0.0545. The highest BCUT2D eigenvalue weighted by molar-refractivity contribution is 9.10. The summed E-state index contributed by atoms with van der Waals surface area (Å²) in [5.74, 6) is 0.242. The number of halogens is 2. The molecule has 0 aromatic heterocycles. The summed E-state index contributed by atoms with van der Waals surface area (Å²) in [6.07, 6.45) is 1.84. The number of nitrogens with two attached hydrogens (primary N) is 1. The summed E-state index contributed by atoms with van der Waals surface area (Å²) in [6.45, 7) is 0.658. The number of fused-ring (bicyclic) bond motifs is 1. The number of ether oxygens (including phenoxy) is 1. The molecule has 0 amide bonds. The fourth-order valence-corrected chi connectivity index (χ4v) is 5.35. The minimum atomic E-state index is -3.71. The molecule has 2 aliphatic rings. The fraction of sp³-hybridized carbons (Fsp3) is 0.538. The summed E-state index contributed by atoms with van der Waals surface area (Å²) in [6, 6.07) is 4.06. The van der Waals surface area contributed by atoms with Gasteiger partial charge in [0.2, 0.25) is 10.0 Å². The number of hydrogen-bond donors (Lipinski definition) is 2. The Kier molecular flexibility index (Phi) is 4.33. The predicted octanol–water partition coefficient (Wildman–Crippen LogP) is 1.89. The Bertz CT molecular complexity index is 655. The van der Waals surface area contributed by atoms with E-state index in [1.54, 1.807) is 12.1 Å². The number of nitrogens with one attached hydrogen (secondary N) is 1. The van der Waals surface area contributed by atoms with E-state index in [1.807, 2.05) is 0 Å². The molecule has 0 bridgehead atoms.